The molecule has 0 fully saturated rings. The summed E-state index contributed by atoms with van der Waals surface area (Å²) in [7, 11) is 1.61. The summed E-state index contributed by atoms with van der Waals surface area (Å²) in [6.07, 6.45) is -0.473. The van der Waals surface area contributed by atoms with Gasteiger partial charge in [-0.3, -0.25) is 0 Å². The highest BCUT2D eigenvalue weighted by atomic mass is 16.6. The molecule has 0 aliphatic rings. The summed E-state index contributed by atoms with van der Waals surface area (Å²) in [6, 6.07) is 9.33. The van der Waals surface area contributed by atoms with E-state index in [1.165, 1.54) is 4.90 Å². The second kappa shape index (κ2) is 9.02. The van der Waals surface area contributed by atoms with E-state index in [2.05, 4.69) is 10.0 Å². The van der Waals surface area contributed by atoms with E-state index in [0.29, 0.717) is 6.61 Å². The van der Waals surface area contributed by atoms with Crippen LogP contribution in [0.4, 0.5) is 4.79 Å². The van der Waals surface area contributed by atoms with Crippen LogP contribution in [0.3, 0.4) is 0 Å². The SMILES string of the molecule is CN(C(=O)OC(C)(C)C)C(CN=[N+]=[N-])COCc1ccccc1. The third-order valence-electron chi connectivity index (χ3n) is 3.01. The minimum absolute atomic E-state index is 0.126. The molecule has 1 aromatic rings. The van der Waals surface area contributed by atoms with Crippen molar-refractivity contribution in [3.63, 3.8) is 0 Å². The lowest BCUT2D eigenvalue weighted by atomic mass is 10.2. The van der Waals surface area contributed by atoms with E-state index in [9.17, 15) is 4.79 Å². The van der Waals surface area contributed by atoms with Crippen LogP contribution in [0.1, 0.15) is 26.3 Å². The topological polar surface area (TPSA) is 87.5 Å². The molecule has 1 rings (SSSR count). The number of hydrogen-bond acceptors (Lipinski definition) is 4. The minimum Gasteiger partial charge on any atom is -0.444 e. The van der Waals surface area contributed by atoms with E-state index >= 15 is 0 Å². The van der Waals surface area contributed by atoms with Crippen molar-refractivity contribution in [2.24, 2.45) is 5.11 Å². The number of benzene rings is 1. The average molecular weight is 320 g/mol. The normalized spacial score (nSPS) is 12.2. The van der Waals surface area contributed by atoms with Crippen molar-refractivity contribution in [2.45, 2.75) is 39.0 Å². The Labute approximate surface area is 136 Å². The zero-order valence-corrected chi connectivity index (χ0v) is 14.1. The van der Waals surface area contributed by atoms with E-state index in [1.54, 1.807) is 27.8 Å². The lowest BCUT2D eigenvalue weighted by Crippen LogP contribution is -2.44. The van der Waals surface area contributed by atoms with Crippen LogP contribution in [-0.2, 0) is 16.1 Å². The van der Waals surface area contributed by atoms with Crippen molar-refractivity contribution in [3.8, 4) is 0 Å². The first-order valence-electron chi connectivity index (χ1n) is 7.42. The number of carbonyl (C=O) groups excluding carboxylic acids is 1. The standard InChI is InChI=1S/C16H24N4O3/c1-16(2,3)23-15(21)20(4)14(10-18-19-17)12-22-11-13-8-6-5-7-9-13/h5-9,14H,10-12H2,1-4H3. The highest BCUT2D eigenvalue weighted by molar-refractivity contribution is 5.68. The smallest absolute Gasteiger partial charge is 0.410 e. The van der Waals surface area contributed by atoms with Crippen LogP contribution in [-0.4, -0.2) is 42.8 Å². The van der Waals surface area contributed by atoms with Gasteiger partial charge in [-0.25, -0.2) is 4.79 Å². The summed E-state index contributed by atoms with van der Waals surface area (Å²) >= 11 is 0. The number of nitrogens with zero attached hydrogens (tertiary/aromatic N) is 4. The Morgan fingerprint density at radius 2 is 2.00 bits per heavy atom. The molecule has 0 bridgehead atoms. The first kappa shape index (κ1) is 18.8. The first-order chi connectivity index (χ1) is 10.8. The van der Waals surface area contributed by atoms with Crippen molar-refractivity contribution in [1.29, 1.82) is 0 Å². The minimum atomic E-state index is -0.584. The van der Waals surface area contributed by atoms with Crippen molar-refractivity contribution < 1.29 is 14.3 Å². The molecule has 0 heterocycles. The fraction of sp³-hybridized carbons (Fsp3) is 0.562. The molecule has 23 heavy (non-hydrogen) atoms. The van der Waals surface area contributed by atoms with E-state index in [4.69, 9.17) is 15.0 Å². The number of azide groups is 1. The Morgan fingerprint density at radius 1 is 1.35 bits per heavy atom. The number of rotatable bonds is 7. The fourth-order valence-corrected chi connectivity index (χ4v) is 1.79. The summed E-state index contributed by atoms with van der Waals surface area (Å²) in [5, 5.41) is 3.55. The zero-order chi connectivity index (χ0) is 17.3. The third-order valence-corrected chi connectivity index (χ3v) is 3.01. The van der Waals surface area contributed by atoms with Crippen LogP contribution in [0.15, 0.2) is 35.4 Å². The summed E-state index contributed by atoms with van der Waals surface area (Å²) in [4.78, 5) is 16.3. The van der Waals surface area contributed by atoms with Gasteiger partial charge in [0.2, 0.25) is 0 Å². The van der Waals surface area contributed by atoms with E-state index < -0.39 is 11.7 Å². The molecule has 0 saturated carbocycles. The molecule has 7 nitrogen and oxygen atoms in total. The number of carbonyl (C=O) groups is 1. The molecule has 1 atom stereocenters. The van der Waals surface area contributed by atoms with Gasteiger partial charge in [-0.2, -0.15) is 0 Å². The van der Waals surface area contributed by atoms with Gasteiger partial charge in [0.1, 0.15) is 5.60 Å². The summed E-state index contributed by atoms with van der Waals surface area (Å²) in [5.41, 5.74) is 8.96. The molecule has 0 N–H and O–H groups in total. The van der Waals surface area contributed by atoms with Crippen molar-refractivity contribution >= 4 is 6.09 Å². The highest BCUT2D eigenvalue weighted by Gasteiger charge is 2.25. The Balaban J connectivity index is 2.60. The van der Waals surface area contributed by atoms with Crippen LogP contribution in [0.5, 0.6) is 0 Å². The van der Waals surface area contributed by atoms with Crippen LogP contribution >= 0.6 is 0 Å². The summed E-state index contributed by atoms with van der Waals surface area (Å²) in [6.45, 7) is 6.20. The van der Waals surface area contributed by atoms with Gasteiger partial charge in [-0.15, -0.1) is 0 Å². The maximum Gasteiger partial charge on any atom is 0.410 e. The van der Waals surface area contributed by atoms with Crippen LogP contribution < -0.4 is 0 Å². The Kier molecular flexibility index (Phi) is 7.38. The zero-order valence-electron chi connectivity index (χ0n) is 14.1. The summed E-state index contributed by atoms with van der Waals surface area (Å²) < 4.78 is 11.0. The molecule has 1 amide bonds. The first-order valence-corrected chi connectivity index (χ1v) is 7.42. The lowest BCUT2D eigenvalue weighted by molar-refractivity contribution is 0.00767. The lowest BCUT2D eigenvalue weighted by Gasteiger charge is -2.29. The van der Waals surface area contributed by atoms with Gasteiger partial charge in [0.05, 0.1) is 19.3 Å². The van der Waals surface area contributed by atoms with Gasteiger partial charge in [-0.05, 0) is 31.9 Å². The third kappa shape index (κ3) is 7.54. The average Bonchev–Trinajstić information content (AvgIpc) is 2.49. The van der Waals surface area contributed by atoms with Crippen molar-refractivity contribution in [3.05, 3.63) is 46.3 Å². The number of hydrogen-bond donors (Lipinski definition) is 0. The molecule has 1 aromatic carbocycles. The largest absolute Gasteiger partial charge is 0.444 e. The molecule has 0 spiro atoms. The summed E-state index contributed by atoms with van der Waals surface area (Å²) in [5.74, 6) is 0. The molecular weight excluding hydrogens is 296 g/mol. The van der Waals surface area contributed by atoms with Crippen molar-refractivity contribution in [1.82, 2.24) is 4.90 Å². The van der Waals surface area contributed by atoms with Gasteiger partial charge in [0, 0.05) is 18.5 Å². The molecule has 0 saturated heterocycles. The van der Waals surface area contributed by atoms with E-state index in [1.807, 2.05) is 30.3 Å². The Hall–Kier alpha value is -2.24. The predicted octanol–water partition coefficient (Wildman–Crippen LogP) is 3.75. The Morgan fingerprint density at radius 3 is 2.57 bits per heavy atom. The van der Waals surface area contributed by atoms with Crippen LogP contribution in [0.2, 0.25) is 0 Å². The molecular formula is C16H24N4O3. The number of likely N-dealkylation sites (N-methyl/N-ethyl adjacent to an activating group) is 1. The molecule has 1 unspecified atom stereocenters. The van der Waals surface area contributed by atoms with Crippen LogP contribution in [0.25, 0.3) is 10.4 Å². The fourth-order valence-electron chi connectivity index (χ4n) is 1.79. The second-order valence-electron chi connectivity index (χ2n) is 6.16. The molecule has 7 heteroatoms. The number of ether oxygens (including phenoxy) is 2. The van der Waals surface area contributed by atoms with Gasteiger partial charge in [0.25, 0.3) is 0 Å². The van der Waals surface area contributed by atoms with Crippen LogP contribution in [0, 0.1) is 0 Å². The highest BCUT2D eigenvalue weighted by Crippen LogP contribution is 2.12. The molecule has 0 radical (unpaired) electrons. The maximum atomic E-state index is 12.1. The van der Waals surface area contributed by atoms with Gasteiger partial charge in [0.15, 0.2) is 0 Å². The molecule has 0 aliphatic heterocycles. The van der Waals surface area contributed by atoms with Gasteiger partial charge < -0.3 is 14.4 Å². The Bertz CT molecular complexity index is 536. The van der Waals surface area contributed by atoms with Gasteiger partial charge in [-0.1, -0.05) is 35.4 Å². The van der Waals surface area contributed by atoms with E-state index in [-0.39, 0.29) is 19.2 Å². The van der Waals surface area contributed by atoms with E-state index in [0.717, 1.165) is 5.56 Å². The van der Waals surface area contributed by atoms with Crippen molar-refractivity contribution in [2.75, 3.05) is 20.2 Å². The quantitative estimate of drug-likeness (QED) is 0.435. The number of amides is 1. The van der Waals surface area contributed by atoms with Gasteiger partial charge >= 0.3 is 6.09 Å². The predicted molar refractivity (Wildman–Crippen MR) is 87.9 cm³/mol. The molecule has 0 aliphatic carbocycles. The maximum absolute atomic E-state index is 12.1. The molecule has 126 valence electrons. The molecule has 0 aromatic heterocycles. The second-order valence-corrected chi connectivity index (χ2v) is 6.16. The monoisotopic (exact) mass is 320 g/mol.